The molecule has 0 saturated heterocycles. The van der Waals surface area contributed by atoms with Gasteiger partial charge in [0.25, 0.3) is 0 Å². The van der Waals surface area contributed by atoms with Gasteiger partial charge in [-0.15, -0.1) is 0 Å². The minimum absolute atomic E-state index is 0.0607. The summed E-state index contributed by atoms with van der Waals surface area (Å²) >= 11 is 1.14. The van der Waals surface area contributed by atoms with E-state index >= 15 is 0 Å². The average molecular weight is 257 g/mol. The van der Waals surface area contributed by atoms with E-state index in [1.807, 2.05) is 0 Å². The van der Waals surface area contributed by atoms with Crippen LogP contribution in [0.4, 0.5) is 0 Å². The minimum atomic E-state index is -0.0607. The molecule has 0 heterocycles. The summed E-state index contributed by atoms with van der Waals surface area (Å²) in [6.45, 7) is 5.58. The Hall–Kier alpha value is 0.409. The molecule has 3 radical (unpaired) electrons. The molecular formula is C9H14OSn+. The van der Waals surface area contributed by atoms with Crippen molar-refractivity contribution in [2.75, 3.05) is 0 Å². The van der Waals surface area contributed by atoms with Crippen LogP contribution in [0.25, 0.3) is 0 Å². The molecule has 0 aliphatic heterocycles. The van der Waals surface area contributed by atoms with Gasteiger partial charge in [-0.3, -0.25) is 0 Å². The van der Waals surface area contributed by atoms with E-state index in [0.717, 1.165) is 35.8 Å². The standard InChI is InChI=1S/C9H14O.Sn/c1-2-9(10)7-5-3-4-6-8-9;/h1-2H,3-8H2;/q;+1. The predicted octanol–water partition coefficient (Wildman–Crippen LogP) is 2.17. The van der Waals surface area contributed by atoms with Crippen molar-refractivity contribution >= 4 is 22.9 Å². The quantitative estimate of drug-likeness (QED) is 0.418. The van der Waals surface area contributed by atoms with Crippen LogP contribution in [0.2, 0.25) is 0 Å². The third-order valence-electron chi connectivity index (χ3n) is 2.46. The van der Waals surface area contributed by atoms with E-state index in [1.165, 1.54) is 25.7 Å². The monoisotopic (exact) mass is 258 g/mol. The van der Waals surface area contributed by atoms with Gasteiger partial charge in [-0.2, -0.15) is 0 Å². The molecule has 0 aromatic carbocycles. The topological polar surface area (TPSA) is 9.23 Å². The van der Waals surface area contributed by atoms with Gasteiger partial charge in [-0.05, 0) is 0 Å². The van der Waals surface area contributed by atoms with Gasteiger partial charge in [-0.1, -0.05) is 0 Å². The third kappa shape index (κ3) is 2.43. The Morgan fingerprint density at radius 3 is 2.09 bits per heavy atom. The molecule has 1 fully saturated rings. The predicted molar refractivity (Wildman–Crippen MR) is 46.1 cm³/mol. The first-order valence-electron chi connectivity index (χ1n) is 4.24. The van der Waals surface area contributed by atoms with Gasteiger partial charge in [-0.25, -0.2) is 0 Å². The normalized spacial score (nSPS) is 24.0. The van der Waals surface area contributed by atoms with Crippen LogP contribution in [-0.4, -0.2) is 28.5 Å². The van der Waals surface area contributed by atoms with Crippen molar-refractivity contribution in [2.45, 2.75) is 44.1 Å². The van der Waals surface area contributed by atoms with Crippen LogP contribution in [0.15, 0.2) is 6.08 Å². The SMILES string of the molecule is [CH+]=CC1([O][Sn])CCCCCC1. The van der Waals surface area contributed by atoms with Crippen molar-refractivity contribution in [1.82, 2.24) is 0 Å². The maximum atomic E-state index is 5.58. The summed E-state index contributed by atoms with van der Waals surface area (Å²) in [5, 5.41) is 0. The molecule has 0 atom stereocenters. The van der Waals surface area contributed by atoms with Crippen molar-refractivity contribution in [3.8, 4) is 0 Å². The zero-order chi connectivity index (χ0) is 8.16. The molecule has 0 bridgehead atoms. The summed E-state index contributed by atoms with van der Waals surface area (Å²) in [4.78, 5) is 0. The number of hydrogen-bond acceptors (Lipinski definition) is 1. The molecule has 0 N–H and O–H groups in total. The molecule has 1 aliphatic rings. The van der Waals surface area contributed by atoms with E-state index in [0.29, 0.717) is 0 Å². The number of hydrogen-bond donors (Lipinski definition) is 0. The Bertz CT molecular complexity index is 126. The van der Waals surface area contributed by atoms with Gasteiger partial charge >= 0.3 is 82.8 Å². The van der Waals surface area contributed by atoms with Gasteiger partial charge in [0.05, 0.1) is 0 Å². The summed E-state index contributed by atoms with van der Waals surface area (Å²) in [7, 11) is 0. The van der Waals surface area contributed by atoms with Crippen LogP contribution in [0.3, 0.4) is 0 Å². The van der Waals surface area contributed by atoms with Crippen molar-refractivity contribution in [2.24, 2.45) is 0 Å². The molecule has 0 spiro atoms. The number of rotatable bonds is 2. The molecule has 1 nitrogen and oxygen atoms in total. The van der Waals surface area contributed by atoms with E-state index < -0.39 is 0 Å². The molecule has 0 aromatic heterocycles. The van der Waals surface area contributed by atoms with Crippen LogP contribution < -0.4 is 0 Å². The van der Waals surface area contributed by atoms with E-state index in [1.54, 1.807) is 6.08 Å². The first-order valence-corrected chi connectivity index (χ1v) is 5.40. The van der Waals surface area contributed by atoms with Gasteiger partial charge in [0.15, 0.2) is 0 Å². The Labute approximate surface area is 82.8 Å². The van der Waals surface area contributed by atoms with E-state index in [4.69, 9.17) is 9.65 Å². The Balaban J connectivity index is 2.55. The summed E-state index contributed by atoms with van der Waals surface area (Å²) in [5.74, 6) is 0. The summed E-state index contributed by atoms with van der Waals surface area (Å²) in [5.41, 5.74) is -0.0607. The Kier molecular flexibility index (Phi) is 3.83. The van der Waals surface area contributed by atoms with Gasteiger partial charge < -0.3 is 0 Å². The molecule has 0 amide bonds. The fraction of sp³-hybridized carbons (Fsp3) is 0.778. The van der Waals surface area contributed by atoms with Crippen molar-refractivity contribution < 1.29 is 3.07 Å². The summed E-state index contributed by atoms with van der Waals surface area (Å²) in [6, 6.07) is 0. The Morgan fingerprint density at radius 1 is 1.18 bits per heavy atom. The third-order valence-corrected chi connectivity index (χ3v) is 3.62. The molecule has 1 aliphatic carbocycles. The van der Waals surface area contributed by atoms with Gasteiger partial charge in [0, 0.05) is 0 Å². The summed E-state index contributed by atoms with van der Waals surface area (Å²) < 4.78 is 5.52. The van der Waals surface area contributed by atoms with Crippen LogP contribution in [0.1, 0.15) is 38.5 Å². The fourth-order valence-electron chi connectivity index (χ4n) is 1.63. The van der Waals surface area contributed by atoms with E-state index in [2.05, 4.69) is 0 Å². The molecule has 11 heavy (non-hydrogen) atoms. The second-order valence-corrected chi connectivity index (χ2v) is 3.83. The van der Waals surface area contributed by atoms with Crippen LogP contribution >= 0.6 is 0 Å². The fourth-order valence-corrected chi connectivity index (χ4v) is 2.41. The van der Waals surface area contributed by atoms with E-state index in [9.17, 15) is 0 Å². The molecule has 1 rings (SSSR count). The average Bonchev–Trinajstić information content (AvgIpc) is 2.30. The molecule has 0 aromatic rings. The van der Waals surface area contributed by atoms with Gasteiger partial charge in [0.2, 0.25) is 0 Å². The zero-order valence-corrected chi connectivity index (χ0v) is 9.66. The maximum absolute atomic E-state index is 5.58. The molecule has 59 valence electrons. The first kappa shape index (κ1) is 9.50. The van der Waals surface area contributed by atoms with Gasteiger partial charge in [0.1, 0.15) is 0 Å². The molecular weight excluding hydrogens is 243 g/mol. The van der Waals surface area contributed by atoms with Crippen molar-refractivity contribution in [1.29, 1.82) is 0 Å². The second-order valence-electron chi connectivity index (χ2n) is 3.25. The zero-order valence-electron chi connectivity index (χ0n) is 6.81. The molecule has 1 saturated carbocycles. The van der Waals surface area contributed by atoms with Crippen LogP contribution in [-0.2, 0) is 3.07 Å². The van der Waals surface area contributed by atoms with Crippen LogP contribution in [0.5, 0.6) is 0 Å². The Morgan fingerprint density at radius 2 is 1.73 bits per heavy atom. The molecule has 2 heteroatoms. The second kappa shape index (κ2) is 4.44. The first-order chi connectivity index (χ1) is 5.33. The van der Waals surface area contributed by atoms with E-state index in [-0.39, 0.29) is 5.60 Å². The summed E-state index contributed by atoms with van der Waals surface area (Å²) in [6.07, 6.45) is 9.21. The van der Waals surface area contributed by atoms with Crippen molar-refractivity contribution in [3.63, 3.8) is 0 Å². The van der Waals surface area contributed by atoms with Crippen molar-refractivity contribution in [3.05, 3.63) is 12.7 Å². The van der Waals surface area contributed by atoms with Crippen LogP contribution in [0, 0.1) is 6.58 Å². The molecule has 0 unspecified atom stereocenters.